The predicted octanol–water partition coefficient (Wildman–Crippen LogP) is 5.70. The Kier molecular flexibility index (Phi) is 8.63. The number of amides is 1. The smallest absolute Gasteiger partial charge is 0.309 e. The largest absolute Gasteiger partial charge is 0.494 e. The van der Waals surface area contributed by atoms with E-state index in [9.17, 15) is 19.1 Å². The molecule has 2 N–H and O–H groups in total. The third-order valence-electron chi connectivity index (χ3n) is 7.97. The summed E-state index contributed by atoms with van der Waals surface area (Å²) < 4.78 is 46.5. The van der Waals surface area contributed by atoms with Gasteiger partial charge in [-0.2, -0.15) is 0 Å². The van der Waals surface area contributed by atoms with E-state index in [1.807, 2.05) is 32.0 Å². The lowest BCUT2D eigenvalue weighted by atomic mass is 9.82. The van der Waals surface area contributed by atoms with E-state index in [0.717, 1.165) is 16.8 Å². The Labute approximate surface area is 243 Å². The molecule has 3 aromatic carbocycles. The molecule has 2 heterocycles. The number of carboxylic acids is 1. The zero-order valence-corrected chi connectivity index (χ0v) is 23.8. The topological polar surface area (TPSA) is 97.3 Å². The van der Waals surface area contributed by atoms with E-state index in [0.29, 0.717) is 30.8 Å². The summed E-state index contributed by atoms with van der Waals surface area (Å²) in [5.41, 5.74) is 3.18. The van der Waals surface area contributed by atoms with E-state index in [2.05, 4.69) is 5.32 Å². The number of hydrogen-bond acceptors (Lipinski definition) is 6. The molecule has 3 atom stereocenters. The van der Waals surface area contributed by atoms with Crippen molar-refractivity contribution in [1.82, 2.24) is 4.90 Å². The number of carbonyl (C=O) groups is 2. The van der Waals surface area contributed by atoms with Gasteiger partial charge in [0, 0.05) is 29.8 Å². The van der Waals surface area contributed by atoms with Crippen LogP contribution in [0.1, 0.15) is 55.0 Å². The van der Waals surface area contributed by atoms with Crippen LogP contribution in [0, 0.1) is 17.6 Å². The van der Waals surface area contributed by atoms with Crippen LogP contribution in [0.4, 0.5) is 14.5 Å². The number of hydrogen-bond donors (Lipinski definition) is 2. The van der Waals surface area contributed by atoms with Crippen molar-refractivity contribution in [2.75, 3.05) is 31.8 Å². The summed E-state index contributed by atoms with van der Waals surface area (Å²) in [5.74, 6) is -4.38. The van der Waals surface area contributed by atoms with Gasteiger partial charge in [-0.15, -0.1) is 0 Å². The molecule has 1 saturated heterocycles. The molecule has 0 aliphatic carbocycles. The van der Waals surface area contributed by atoms with Crippen molar-refractivity contribution in [2.24, 2.45) is 5.92 Å². The average molecular weight is 581 g/mol. The minimum absolute atomic E-state index is 0.0321. The highest BCUT2D eigenvalue weighted by Gasteiger charge is 2.49. The molecule has 0 spiro atoms. The molecule has 0 unspecified atom stereocenters. The molecule has 0 radical (unpaired) electrons. The quantitative estimate of drug-likeness (QED) is 0.318. The zero-order valence-electron chi connectivity index (χ0n) is 23.8. The summed E-state index contributed by atoms with van der Waals surface area (Å²) in [5, 5.41) is 13.5. The van der Waals surface area contributed by atoms with Crippen LogP contribution in [0.2, 0.25) is 0 Å². The minimum Gasteiger partial charge on any atom is -0.494 e. The highest BCUT2D eigenvalue weighted by atomic mass is 19.1. The first-order chi connectivity index (χ1) is 20.2. The van der Waals surface area contributed by atoms with Gasteiger partial charge in [0.05, 0.1) is 25.1 Å². The molecule has 0 aromatic heterocycles. The lowest BCUT2D eigenvalue weighted by Gasteiger charge is -2.27. The monoisotopic (exact) mass is 580 g/mol. The fourth-order valence-corrected chi connectivity index (χ4v) is 6.07. The lowest BCUT2D eigenvalue weighted by molar-refractivity contribution is -0.143. The van der Waals surface area contributed by atoms with Gasteiger partial charge < -0.3 is 24.6 Å². The second-order valence-electron chi connectivity index (χ2n) is 10.4. The fourth-order valence-electron chi connectivity index (χ4n) is 6.07. The number of aliphatic carboxylic acids is 1. The molecule has 0 bridgehead atoms. The Morgan fingerprint density at radius 1 is 1.02 bits per heavy atom. The van der Waals surface area contributed by atoms with E-state index >= 15 is 4.39 Å². The third-order valence-corrected chi connectivity index (χ3v) is 7.97. The maximum absolute atomic E-state index is 15.6. The molecule has 2 aliphatic heterocycles. The Morgan fingerprint density at radius 3 is 2.40 bits per heavy atom. The van der Waals surface area contributed by atoms with Gasteiger partial charge in [0.1, 0.15) is 11.6 Å². The molecule has 5 rings (SSSR count). The predicted molar refractivity (Wildman–Crippen MR) is 152 cm³/mol. The number of aryl methyl sites for hydroxylation is 2. The van der Waals surface area contributed by atoms with Crippen molar-refractivity contribution in [3.8, 4) is 17.2 Å². The molecule has 10 heteroatoms. The highest BCUT2D eigenvalue weighted by molar-refractivity contribution is 5.94. The van der Waals surface area contributed by atoms with Crippen molar-refractivity contribution in [1.29, 1.82) is 0 Å². The third kappa shape index (κ3) is 5.63. The van der Waals surface area contributed by atoms with Gasteiger partial charge in [-0.3, -0.25) is 14.5 Å². The van der Waals surface area contributed by atoms with Gasteiger partial charge in [-0.25, -0.2) is 8.78 Å². The van der Waals surface area contributed by atoms with Gasteiger partial charge in [-0.1, -0.05) is 38.1 Å². The number of carboxylic acid groups (broad SMARTS) is 1. The number of anilines is 1. The number of likely N-dealkylation sites (tertiary alicyclic amines) is 1. The van der Waals surface area contributed by atoms with Crippen molar-refractivity contribution >= 4 is 17.6 Å². The van der Waals surface area contributed by atoms with Gasteiger partial charge in [0.15, 0.2) is 11.6 Å². The number of rotatable bonds is 10. The minimum atomic E-state index is -1.20. The summed E-state index contributed by atoms with van der Waals surface area (Å²) in [7, 11) is 0. The number of ether oxygens (including phenoxy) is 3. The van der Waals surface area contributed by atoms with Crippen LogP contribution < -0.4 is 19.5 Å². The summed E-state index contributed by atoms with van der Waals surface area (Å²) in [6, 6.07) is 11.9. The van der Waals surface area contributed by atoms with Crippen LogP contribution in [-0.2, 0) is 22.4 Å². The molecule has 1 amide bonds. The first-order valence-electron chi connectivity index (χ1n) is 14.1. The zero-order chi connectivity index (χ0) is 30.0. The molecular weight excluding hydrogens is 546 g/mol. The van der Waals surface area contributed by atoms with Crippen LogP contribution in [0.5, 0.6) is 17.2 Å². The standard InChI is InChI=1S/C32H34F2N2O6/c1-4-18-8-7-9-19(5-2)29(18)35-27(37)16-36-15-23(20-12-25(34)31-26(13-20)41-17-42-31)28(32(38)39)30(36)22-11-10-21(40-6-3)14-24(22)33/h7-14,23,28,30H,4-6,15-17H2,1-3H3,(H,35,37)(H,38,39)/t23-,28-,30+/m1/s1. The molecule has 42 heavy (non-hydrogen) atoms. The number of fused-ring (bicyclic) bond motifs is 1. The van der Waals surface area contributed by atoms with Crippen molar-refractivity contribution in [3.63, 3.8) is 0 Å². The van der Waals surface area contributed by atoms with Gasteiger partial charge in [0.25, 0.3) is 0 Å². The fraction of sp³-hybridized carbons (Fsp3) is 0.375. The second-order valence-corrected chi connectivity index (χ2v) is 10.4. The molecule has 222 valence electrons. The van der Waals surface area contributed by atoms with E-state index in [4.69, 9.17) is 14.2 Å². The van der Waals surface area contributed by atoms with Crippen LogP contribution >= 0.6 is 0 Å². The number of nitrogens with one attached hydrogen (secondary N) is 1. The van der Waals surface area contributed by atoms with Crippen molar-refractivity contribution in [2.45, 2.75) is 45.6 Å². The van der Waals surface area contributed by atoms with Gasteiger partial charge in [-0.05, 0) is 54.7 Å². The van der Waals surface area contributed by atoms with E-state index in [1.165, 1.54) is 18.2 Å². The van der Waals surface area contributed by atoms with E-state index < -0.39 is 35.5 Å². The Morgan fingerprint density at radius 2 is 1.76 bits per heavy atom. The van der Waals surface area contributed by atoms with Crippen molar-refractivity contribution in [3.05, 3.63) is 82.4 Å². The number of carbonyl (C=O) groups excluding carboxylic acids is 1. The first-order valence-corrected chi connectivity index (χ1v) is 14.1. The summed E-state index contributed by atoms with van der Waals surface area (Å²) >= 11 is 0. The maximum Gasteiger partial charge on any atom is 0.309 e. The number of nitrogens with zero attached hydrogens (tertiary/aromatic N) is 1. The summed E-state index contributed by atoms with van der Waals surface area (Å²) in [6.45, 7) is 5.84. The number of para-hydroxylation sites is 1. The molecular formula is C32H34F2N2O6. The molecule has 3 aromatic rings. The average Bonchev–Trinajstić information content (AvgIpc) is 3.59. The summed E-state index contributed by atoms with van der Waals surface area (Å²) in [4.78, 5) is 28.0. The Bertz CT molecular complexity index is 1470. The summed E-state index contributed by atoms with van der Waals surface area (Å²) in [6.07, 6.45) is 1.43. The van der Waals surface area contributed by atoms with Crippen molar-refractivity contribution < 1.29 is 37.7 Å². The number of halogens is 2. The maximum atomic E-state index is 15.6. The van der Waals surface area contributed by atoms with Gasteiger partial charge >= 0.3 is 5.97 Å². The second kappa shape index (κ2) is 12.4. The molecule has 8 nitrogen and oxygen atoms in total. The Balaban J connectivity index is 1.53. The first kappa shape index (κ1) is 29.3. The van der Waals surface area contributed by atoms with Crippen LogP contribution in [0.25, 0.3) is 0 Å². The normalized spacial score (nSPS) is 19.6. The van der Waals surface area contributed by atoms with Crippen LogP contribution in [0.15, 0.2) is 48.5 Å². The highest BCUT2D eigenvalue weighted by Crippen LogP contribution is 2.49. The van der Waals surface area contributed by atoms with E-state index in [1.54, 1.807) is 24.0 Å². The molecule has 0 saturated carbocycles. The van der Waals surface area contributed by atoms with Crippen LogP contribution in [-0.4, -0.2) is 48.4 Å². The number of benzene rings is 3. The Hall–Kier alpha value is -4.18. The van der Waals surface area contributed by atoms with E-state index in [-0.39, 0.29) is 42.9 Å². The SMILES string of the molecule is CCOc1ccc([C@H]2[C@H](C(=O)O)[C@@H](c3cc(F)c4c(c3)OCO4)CN2CC(=O)Nc2c(CC)cccc2CC)c(F)c1. The van der Waals surface area contributed by atoms with Crippen LogP contribution in [0.3, 0.4) is 0 Å². The molecule has 1 fully saturated rings. The lowest BCUT2D eigenvalue weighted by Crippen LogP contribution is -2.35. The molecule has 2 aliphatic rings. The van der Waals surface area contributed by atoms with Gasteiger partial charge in [0.2, 0.25) is 18.4 Å².